The first kappa shape index (κ1) is 14.0. The fraction of sp³-hybridized carbons (Fsp3) is 0.250. The first-order chi connectivity index (χ1) is 9.04. The summed E-state index contributed by atoms with van der Waals surface area (Å²) in [6.45, 7) is 3.63. The number of hydrogen-bond acceptors (Lipinski definition) is 5. The minimum absolute atomic E-state index is 0.191. The maximum absolute atomic E-state index is 13.0. The molecule has 1 N–H and O–H groups in total. The van der Waals surface area contributed by atoms with Crippen molar-refractivity contribution in [2.75, 3.05) is 5.32 Å². The van der Waals surface area contributed by atoms with E-state index in [1.165, 1.54) is 35.2 Å². The van der Waals surface area contributed by atoms with Crippen molar-refractivity contribution >= 4 is 34.7 Å². The van der Waals surface area contributed by atoms with Crippen LogP contribution in [-0.4, -0.2) is 21.4 Å². The minimum atomic E-state index is -0.377. The lowest BCUT2D eigenvalue weighted by Gasteiger charge is -2.10. The Labute approximate surface area is 118 Å². The van der Waals surface area contributed by atoms with Crippen molar-refractivity contribution in [1.82, 2.24) is 10.2 Å². The Bertz CT molecular complexity index is 588. The summed E-state index contributed by atoms with van der Waals surface area (Å²) in [6.07, 6.45) is 0. The Morgan fingerprint density at radius 2 is 2.26 bits per heavy atom. The summed E-state index contributed by atoms with van der Waals surface area (Å²) in [5.41, 5.74) is 0.450. The van der Waals surface area contributed by atoms with Crippen LogP contribution in [0.2, 0.25) is 0 Å². The fourth-order valence-corrected chi connectivity index (χ4v) is 3.30. The number of aromatic nitrogens is 2. The first-order valence-electron chi connectivity index (χ1n) is 5.58. The van der Waals surface area contributed by atoms with Gasteiger partial charge < -0.3 is 5.32 Å². The number of carbonyl (C=O) groups excluding carboxylic acids is 1. The normalized spacial score (nSPS) is 12.2. The highest BCUT2D eigenvalue weighted by Gasteiger charge is 2.16. The van der Waals surface area contributed by atoms with E-state index in [-0.39, 0.29) is 17.0 Å². The number of amides is 1. The summed E-state index contributed by atoms with van der Waals surface area (Å²) in [5.74, 6) is -0.568. The molecule has 0 fully saturated rings. The van der Waals surface area contributed by atoms with Crippen LogP contribution in [0.15, 0.2) is 28.6 Å². The van der Waals surface area contributed by atoms with Crippen LogP contribution >= 0.6 is 23.1 Å². The van der Waals surface area contributed by atoms with Crippen LogP contribution in [0.5, 0.6) is 0 Å². The summed E-state index contributed by atoms with van der Waals surface area (Å²) < 4.78 is 13.7. The number of rotatable bonds is 4. The van der Waals surface area contributed by atoms with Crippen molar-refractivity contribution < 1.29 is 9.18 Å². The van der Waals surface area contributed by atoms with Gasteiger partial charge in [0.2, 0.25) is 5.91 Å². The monoisotopic (exact) mass is 297 g/mol. The molecule has 0 unspecified atom stereocenters. The quantitative estimate of drug-likeness (QED) is 0.881. The van der Waals surface area contributed by atoms with Crippen molar-refractivity contribution in [2.24, 2.45) is 0 Å². The number of nitrogens with zero attached hydrogens (tertiary/aromatic N) is 2. The lowest BCUT2D eigenvalue weighted by Crippen LogP contribution is -2.22. The van der Waals surface area contributed by atoms with Gasteiger partial charge in [0.1, 0.15) is 10.8 Å². The lowest BCUT2D eigenvalue weighted by atomic mass is 10.3. The minimum Gasteiger partial charge on any atom is -0.325 e. The zero-order chi connectivity index (χ0) is 13.8. The molecule has 0 saturated heterocycles. The van der Waals surface area contributed by atoms with E-state index >= 15 is 0 Å². The van der Waals surface area contributed by atoms with Crippen LogP contribution in [0, 0.1) is 12.7 Å². The average Bonchev–Trinajstić information content (AvgIpc) is 2.74. The molecule has 0 spiro atoms. The summed E-state index contributed by atoms with van der Waals surface area (Å²) in [4.78, 5) is 11.9. The van der Waals surface area contributed by atoms with Gasteiger partial charge in [-0.05, 0) is 32.0 Å². The molecule has 1 heterocycles. The number of nitrogens with one attached hydrogen (secondary N) is 1. The molecule has 0 aliphatic rings. The molecule has 100 valence electrons. The smallest absolute Gasteiger partial charge is 0.237 e. The van der Waals surface area contributed by atoms with Gasteiger partial charge in [-0.15, -0.1) is 10.2 Å². The van der Waals surface area contributed by atoms with Crippen LogP contribution in [0.3, 0.4) is 0 Å². The Balaban J connectivity index is 1.96. The second kappa shape index (κ2) is 6.12. The molecule has 0 saturated carbocycles. The van der Waals surface area contributed by atoms with Crippen LogP contribution < -0.4 is 5.32 Å². The Kier molecular flexibility index (Phi) is 4.49. The van der Waals surface area contributed by atoms with Gasteiger partial charge in [-0.1, -0.05) is 29.2 Å². The second-order valence-corrected chi connectivity index (χ2v) is 6.62. The van der Waals surface area contributed by atoms with E-state index in [0.29, 0.717) is 5.69 Å². The van der Waals surface area contributed by atoms with E-state index < -0.39 is 0 Å². The van der Waals surface area contributed by atoms with E-state index in [1.807, 2.05) is 6.92 Å². The van der Waals surface area contributed by atoms with Crippen LogP contribution in [-0.2, 0) is 4.79 Å². The Morgan fingerprint density at radius 1 is 1.47 bits per heavy atom. The van der Waals surface area contributed by atoms with Crippen molar-refractivity contribution in [1.29, 1.82) is 0 Å². The first-order valence-corrected chi connectivity index (χ1v) is 7.27. The zero-order valence-corrected chi connectivity index (χ0v) is 12.0. The molecule has 1 amide bonds. The van der Waals surface area contributed by atoms with Gasteiger partial charge in [0.15, 0.2) is 4.34 Å². The number of hydrogen-bond donors (Lipinski definition) is 1. The number of anilines is 1. The number of halogens is 1. The molecule has 0 radical (unpaired) electrons. The molecule has 1 atom stereocenters. The summed E-state index contributed by atoms with van der Waals surface area (Å²) >= 11 is 2.78. The van der Waals surface area contributed by atoms with Crippen molar-refractivity contribution in [3.63, 3.8) is 0 Å². The molecule has 0 aliphatic carbocycles. The number of aryl methyl sites for hydroxylation is 1. The third-order valence-corrected chi connectivity index (χ3v) is 4.27. The highest BCUT2D eigenvalue weighted by Crippen LogP contribution is 2.26. The molecule has 2 aromatic rings. The number of benzene rings is 1. The summed E-state index contributed by atoms with van der Waals surface area (Å²) in [7, 11) is 0. The average molecular weight is 297 g/mol. The third-order valence-electron chi connectivity index (χ3n) is 2.25. The highest BCUT2D eigenvalue weighted by atomic mass is 32.2. The molecule has 1 aromatic heterocycles. The second-order valence-electron chi connectivity index (χ2n) is 3.85. The molecule has 4 nitrogen and oxygen atoms in total. The molecule has 0 aliphatic heterocycles. The molecular weight excluding hydrogens is 285 g/mol. The molecular formula is C12H12FN3OS2. The largest absolute Gasteiger partial charge is 0.325 e. The van der Waals surface area contributed by atoms with E-state index in [4.69, 9.17) is 0 Å². The SMILES string of the molecule is Cc1nnc(S[C@@H](C)C(=O)Nc2cccc(F)c2)s1. The van der Waals surface area contributed by atoms with Crippen LogP contribution in [0.25, 0.3) is 0 Å². The van der Waals surface area contributed by atoms with Gasteiger partial charge >= 0.3 is 0 Å². The van der Waals surface area contributed by atoms with Gasteiger partial charge in [-0.25, -0.2) is 4.39 Å². The van der Waals surface area contributed by atoms with Gasteiger partial charge in [-0.2, -0.15) is 0 Å². The van der Waals surface area contributed by atoms with Gasteiger partial charge in [0.25, 0.3) is 0 Å². The van der Waals surface area contributed by atoms with Crippen LogP contribution in [0.4, 0.5) is 10.1 Å². The van der Waals surface area contributed by atoms with E-state index in [0.717, 1.165) is 9.35 Å². The van der Waals surface area contributed by atoms with Gasteiger partial charge in [0, 0.05) is 5.69 Å². The van der Waals surface area contributed by atoms with Crippen molar-refractivity contribution in [3.05, 3.63) is 35.1 Å². The standard InChI is InChI=1S/C12H12FN3OS2/c1-7(18-12-16-15-8(2)19-12)11(17)14-10-5-3-4-9(13)6-10/h3-7H,1-2H3,(H,14,17)/t7-/m0/s1. The van der Waals surface area contributed by atoms with E-state index in [1.54, 1.807) is 19.1 Å². The lowest BCUT2D eigenvalue weighted by molar-refractivity contribution is -0.115. The molecule has 2 rings (SSSR count). The summed E-state index contributed by atoms with van der Waals surface area (Å²) in [5, 5.41) is 11.0. The number of thioether (sulfide) groups is 1. The molecule has 1 aromatic carbocycles. The van der Waals surface area contributed by atoms with Crippen LogP contribution in [0.1, 0.15) is 11.9 Å². The summed E-state index contributed by atoms with van der Waals surface area (Å²) in [6, 6.07) is 5.81. The van der Waals surface area contributed by atoms with E-state index in [2.05, 4.69) is 15.5 Å². The molecule has 19 heavy (non-hydrogen) atoms. The third kappa shape index (κ3) is 4.00. The molecule has 7 heteroatoms. The van der Waals surface area contributed by atoms with Crippen molar-refractivity contribution in [2.45, 2.75) is 23.4 Å². The fourth-order valence-electron chi connectivity index (χ4n) is 1.34. The topological polar surface area (TPSA) is 54.9 Å². The van der Waals surface area contributed by atoms with Crippen molar-refractivity contribution in [3.8, 4) is 0 Å². The maximum atomic E-state index is 13.0. The highest BCUT2D eigenvalue weighted by molar-refractivity contribution is 8.02. The molecule has 0 bridgehead atoms. The Hall–Kier alpha value is -1.47. The predicted octanol–water partition coefficient (Wildman–Crippen LogP) is 3.10. The Morgan fingerprint density at radius 3 is 2.89 bits per heavy atom. The van der Waals surface area contributed by atoms with Gasteiger partial charge in [-0.3, -0.25) is 4.79 Å². The van der Waals surface area contributed by atoms with E-state index in [9.17, 15) is 9.18 Å². The van der Waals surface area contributed by atoms with Gasteiger partial charge in [0.05, 0.1) is 5.25 Å². The maximum Gasteiger partial charge on any atom is 0.237 e. The number of carbonyl (C=O) groups is 1. The zero-order valence-electron chi connectivity index (χ0n) is 10.4. The predicted molar refractivity (Wildman–Crippen MR) is 75.0 cm³/mol.